The van der Waals surface area contributed by atoms with Crippen molar-refractivity contribution in [3.63, 3.8) is 0 Å². The Morgan fingerprint density at radius 3 is 3.00 bits per heavy atom. The van der Waals surface area contributed by atoms with Crippen LogP contribution < -0.4 is 0 Å². The molecule has 4 heteroatoms. The first-order valence-electron chi connectivity index (χ1n) is 3.67. The highest BCUT2D eigenvalue weighted by atomic mass is 79.9. The van der Waals surface area contributed by atoms with Gasteiger partial charge in [-0.15, -0.1) is 35.6 Å². The largest absolute Gasteiger partial charge is 0.143 e. The average Bonchev–Trinajstić information content (AvgIpc) is 2.60. The van der Waals surface area contributed by atoms with Crippen molar-refractivity contribution < 1.29 is 0 Å². The lowest BCUT2D eigenvalue weighted by Crippen LogP contribution is -1.80. The molecule has 0 nitrogen and oxygen atoms in total. The number of hydrogen-bond donors (Lipinski definition) is 1. The van der Waals surface area contributed by atoms with Crippen molar-refractivity contribution in [1.29, 1.82) is 0 Å². The summed E-state index contributed by atoms with van der Waals surface area (Å²) in [6.45, 7) is 0. The Morgan fingerprint density at radius 1 is 1.54 bits per heavy atom. The van der Waals surface area contributed by atoms with Gasteiger partial charge in [0.05, 0.1) is 0 Å². The Bertz CT molecular complexity index is 450. The van der Waals surface area contributed by atoms with Crippen LogP contribution in [0.4, 0.5) is 0 Å². The second kappa shape index (κ2) is 3.81. The molecule has 13 heavy (non-hydrogen) atoms. The van der Waals surface area contributed by atoms with E-state index in [4.69, 9.17) is 11.6 Å². The zero-order chi connectivity index (χ0) is 9.42. The fourth-order valence-electron chi connectivity index (χ4n) is 1.26. The van der Waals surface area contributed by atoms with E-state index in [0.717, 1.165) is 14.9 Å². The fraction of sp³-hybridized carbons (Fsp3) is 0.111. The van der Waals surface area contributed by atoms with E-state index in [1.54, 1.807) is 11.3 Å². The maximum Gasteiger partial charge on any atom is 0.0488 e. The van der Waals surface area contributed by atoms with Crippen LogP contribution >= 0.6 is 51.5 Å². The van der Waals surface area contributed by atoms with Gasteiger partial charge >= 0.3 is 0 Å². The third-order valence-electron chi connectivity index (χ3n) is 1.87. The van der Waals surface area contributed by atoms with Gasteiger partial charge in [-0.3, -0.25) is 0 Å². The minimum atomic E-state index is 0.540. The van der Waals surface area contributed by atoms with Crippen molar-refractivity contribution in [3.8, 4) is 0 Å². The van der Waals surface area contributed by atoms with Crippen LogP contribution in [0, 0.1) is 0 Å². The van der Waals surface area contributed by atoms with Gasteiger partial charge in [0, 0.05) is 25.3 Å². The Labute approximate surface area is 99.4 Å². The van der Waals surface area contributed by atoms with Crippen molar-refractivity contribution in [2.75, 3.05) is 0 Å². The summed E-state index contributed by atoms with van der Waals surface area (Å²) < 4.78 is 2.31. The van der Waals surface area contributed by atoms with Crippen molar-refractivity contribution in [2.24, 2.45) is 0 Å². The summed E-state index contributed by atoms with van der Waals surface area (Å²) in [5.74, 6) is 0.540. The first-order valence-corrected chi connectivity index (χ1v) is 6.33. The van der Waals surface area contributed by atoms with Gasteiger partial charge < -0.3 is 0 Å². The average molecular weight is 294 g/mol. The number of rotatable bonds is 1. The van der Waals surface area contributed by atoms with E-state index < -0.39 is 0 Å². The zero-order valence-corrected chi connectivity index (χ0v) is 10.6. The lowest BCUT2D eigenvalue weighted by molar-refractivity contribution is 1.37. The van der Waals surface area contributed by atoms with Crippen LogP contribution in [0.25, 0.3) is 10.1 Å². The summed E-state index contributed by atoms with van der Waals surface area (Å²) in [6, 6.07) is 4.10. The number of fused-ring (bicyclic) bond motifs is 1. The predicted octanol–water partition coefficient (Wildman–Crippen LogP) is 4.69. The topological polar surface area (TPSA) is 0 Å². The summed E-state index contributed by atoms with van der Waals surface area (Å²) in [5, 5.41) is 3.27. The molecule has 2 aromatic rings. The van der Waals surface area contributed by atoms with Gasteiger partial charge in [-0.05, 0) is 39.0 Å². The summed E-state index contributed by atoms with van der Waals surface area (Å²) >= 11 is 15.4. The second-order valence-electron chi connectivity index (χ2n) is 2.67. The van der Waals surface area contributed by atoms with Crippen molar-refractivity contribution in [2.45, 2.75) is 10.8 Å². The molecule has 0 unspecified atom stereocenters. The van der Waals surface area contributed by atoms with Crippen LogP contribution in [-0.4, -0.2) is 0 Å². The number of halogens is 2. The molecule has 0 N–H and O–H groups in total. The highest BCUT2D eigenvalue weighted by Crippen LogP contribution is 2.36. The number of benzene rings is 1. The molecule has 0 saturated heterocycles. The van der Waals surface area contributed by atoms with E-state index in [0.29, 0.717) is 5.88 Å². The SMILES string of the molecule is Sc1cc(CCl)c2sccc2c1Br. The highest BCUT2D eigenvalue weighted by molar-refractivity contribution is 9.10. The molecule has 0 amide bonds. The molecule has 2 rings (SSSR count). The molecule has 1 aromatic carbocycles. The molecular formula is C9H6BrClS2. The van der Waals surface area contributed by atoms with E-state index in [1.807, 2.05) is 6.07 Å². The highest BCUT2D eigenvalue weighted by Gasteiger charge is 2.08. The lowest BCUT2D eigenvalue weighted by Gasteiger charge is -2.03. The molecule has 0 aliphatic heterocycles. The van der Waals surface area contributed by atoms with E-state index >= 15 is 0 Å². The summed E-state index contributed by atoms with van der Waals surface area (Å²) in [7, 11) is 0. The maximum atomic E-state index is 5.84. The number of thiol groups is 1. The Hall–Kier alpha value is 0.300. The summed E-state index contributed by atoms with van der Waals surface area (Å²) in [4.78, 5) is 0.946. The van der Waals surface area contributed by atoms with E-state index in [-0.39, 0.29) is 0 Å². The first kappa shape index (κ1) is 9.84. The molecule has 0 radical (unpaired) electrons. The monoisotopic (exact) mass is 292 g/mol. The Kier molecular flexibility index (Phi) is 2.88. The smallest absolute Gasteiger partial charge is 0.0488 e. The van der Waals surface area contributed by atoms with Gasteiger partial charge in [0.2, 0.25) is 0 Å². The van der Waals surface area contributed by atoms with Gasteiger partial charge in [-0.2, -0.15) is 0 Å². The molecule has 0 saturated carbocycles. The van der Waals surface area contributed by atoms with E-state index in [1.165, 1.54) is 10.1 Å². The van der Waals surface area contributed by atoms with Gasteiger partial charge in [0.15, 0.2) is 0 Å². The number of hydrogen-bond acceptors (Lipinski definition) is 2. The molecule has 0 fully saturated rings. The van der Waals surface area contributed by atoms with Gasteiger partial charge in [-0.1, -0.05) is 0 Å². The summed E-state index contributed by atoms with van der Waals surface area (Å²) in [5.41, 5.74) is 1.15. The van der Waals surface area contributed by atoms with Crippen LogP contribution in [0.5, 0.6) is 0 Å². The van der Waals surface area contributed by atoms with Crippen LogP contribution in [0.3, 0.4) is 0 Å². The molecule has 0 bridgehead atoms. The number of alkyl halides is 1. The summed E-state index contributed by atoms with van der Waals surface area (Å²) in [6.07, 6.45) is 0. The quantitative estimate of drug-likeness (QED) is 0.572. The van der Waals surface area contributed by atoms with Crippen LogP contribution in [-0.2, 0) is 5.88 Å². The van der Waals surface area contributed by atoms with E-state index in [9.17, 15) is 0 Å². The predicted molar refractivity (Wildman–Crippen MR) is 66.3 cm³/mol. The Balaban J connectivity index is 2.87. The lowest BCUT2D eigenvalue weighted by atomic mass is 10.2. The zero-order valence-electron chi connectivity index (χ0n) is 6.55. The van der Waals surface area contributed by atoms with Crippen LogP contribution in [0.2, 0.25) is 0 Å². The fourth-order valence-corrected chi connectivity index (χ4v) is 3.32. The molecule has 0 aliphatic carbocycles. The molecule has 1 aromatic heterocycles. The van der Waals surface area contributed by atoms with Crippen LogP contribution in [0.15, 0.2) is 26.9 Å². The molecule has 0 spiro atoms. The molecule has 0 aliphatic rings. The minimum absolute atomic E-state index is 0.540. The molecule has 1 heterocycles. The van der Waals surface area contributed by atoms with Crippen molar-refractivity contribution >= 4 is 61.6 Å². The van der Waals surface area contributed by atoms with Gasteiger partial charge in [0.1, 0.15) is 0 Å². The second-order valence-corrected chi connectivity index (χ2v) is 5.12. The third kappa shape index (κ3) is 1.63. The third-order valence-corrected chi connectivity index (χ3v) is 4.66. The van der Waals surface area contributed by atoms with Gasteiger partial charge in [-0.25, -0.2) is 0 Å². The van der Waals surface area contributed by atoms with E-state index in [2.05, 4.69) is 40.0 Å². The maximum absolute atomic E-state index is 5.84. The van der Waals surface area contributed by atoms with Gasteiger partial charge in [0.25, 0.3) is 0 Å². The van der Waals surface area contributed by atoms with Crippen molar-refractivity contribution in [3.05, 3.63) is 27.5 Å². The Morgan fingerprint density at radius 2 is 2.31 bits per heavy atom. The molecule has 68 valence electrons. The standard InChI is InChI=1S/C9H6BrClS2/c10-8-6-1-2-13-9(6)5(4-11)3-7(8)12/h1-3,12H,4H2. The molecule has 0 atom stereocenters. The normalized spacial score (nSPS) is 11.0. The van der Waals surface area contributed by atoms with Crippen molar-refractivity contribution in [1.82, 2.24) is 0 Å². The number of thiophene rings is 1. The van der Waals surface area contributed by atoms with Crippen LogP contribution in [0.1, 0.15) is 5.56 Å². The minimum Gasteiger partial charge on any atom is -0.143 e. The first-order chi connectivity index (χ1) is 6.24. The molecular weight excluding hydrogens is 288 g/mol.